The Morgan fingerprint density at radius 1 is 1.14 bits per heavy atom. The molecule has 0 saturated heterocycles. The molecule has 4 nitrogen and oxygen atoms in total. The predicted octanol–water partition coefficient (Wildman–Crippen LogP) is 3.07. The van der Waals surface area contributed by atoms with Crippen LogP contribution in [-0.2, 0) is 9.59 Å². The zero-order chi connectivity index (χ0) is 15.6. The van der Waals surface area contributed by atoms with Crippen molar-refractivity contribution in [2.24, 2.45) is 29.1 Å². The average molecular weight is 295 g/mol. The molecular formula is C17H29NO3. The minimum atomic E-state index is -0.738. The fourth-order valence-corrected chi connectivity index (χ4v) is 3.75. The second kappa shape index (κ2) is 6.37. The quantitative estimate of drug-likeness (QED) is 0.758. The Bertz CT molecular complexity index is 389. The third-order valence-corrected chi connectivity index (χ3v) is 5.34. The van der Waals surface area contributed by atoms with E-state index in [4.69, 9.17) is 5.11 Å². The molecule has 21 heavy (non-hydrogen) atoms. The van der Waals surface area contributed by atoms with Crippen molar-refractivity contribution in [3.8, 4) is 0 Å². The number of nitrogens with one attached hydrogen (secondary N) is 1. The molecule has 0 aromatic rings. The van der Waals surface area contributed by atoms with Crippen molar-refractivity contribution in [3.05, 3.63) is 0 Å². The van der Waals surface area contributed by atoms with E-state index < -0.39 is 5.97 Å². The van der Waals surface area contributed by atoms with Crippen LogP contribution in [0.15, 0.2) is 0 Å². The maximum atomic E-state index is 12.1. The van der Waals surface area contributed by atoms with Gasteiger partial charge in [-0.25, -0.2) is 0 Å². The van der Waals surface area contributed by atoms with Crippen LogP contribution in [0.3, 0.4) is 0 Å². The van der Waals surface area contributed by atoms with Crippen molar-refractivity contribution in [1.29, 1.82) is 0 Å². The Labute approximate surface area is 127 Å². The third kappa shape index (κ3) is 4.72. The van der Waals surface area contributed by atoms with Crippen molar-refractivity contribution >= 4 is 11.9 Å². The van der Waals surface area contributed by atoms with E-state index in [1.807, 2.05) is 0 Å². The first-order valence-corrected chi connectivity index (χ1v) is 8.27. The first-order valence-electron chi connectivity index (χ1n) is 8.27. The third-order valence-electron chi connectivity index (χ3n) is 5.34. The smallest absolute Gasteiger partial charge is 0.303 e. The molecular weight excluding hydrogens is 266 g/mol. The van der Waals surface area contributed by atoms with E-state index in [0.717, 1.165) is 31.1 Å². The van der Waals surface area contributed by atoms with Gasteiger partial charge in [-0.15, -0.1) is 0 Å². The molecule has 0 aromatic carbocycles. The van der Waals surface area contributed by atoms with Crippen LogP contribution in [0.1, 0.15) is 59.3 Å². The number of rotatable bonds is 7. The summed E-state index contributed by atoms with van der Waals surface area (Å²) in [6.45, 7) is 7.11. The Morgan fingerprint density at radius 3 is 2.29 bits per heavy atom. The molecule has 0 heterocycles. The topological polar surface area (TPSA) is 66.4 Å². The van der Waals surface area contributed by atoms with Crippen LogP contribution in [0, 0.1) is 29.1 Å². The van der Waals surface area contributed by atoms with Gasteiger partial charge in [0.15, 0.2) is 0 Å². The fourth-order valence-electron chi connectivity index (χ4n) is 3.75. The number of amides is 1. The second-order valence-corrected chi connectivity index (χ2v) is 8.00. The first kappa shape index (κ1) is 16.3. The van der Waals surface area contributed by atoms with Gasteiger partial charge in [0.05, 0.1) is 0 Å². The van der Waals surface area contributed by atoms with Crippen LogP contribution < -0.4 is 5.32 Å². The van der Waals surface area contributed by atoms with E-state index in [9.17, 15) is 9.59 Å². The van der Waals surface area contributed by atoms with Gasteiger partial charge in [0.25, 0.3) is 0 Å². The maximum Gasteiger partial charge on any atom is 0.303 e. The molecule has 0 aliphatic heterocycles. The van der Waals surface area contributed by atoms with Crippen LogP contribution >= 0.6 is 0 Å². The zero-order valence-corrected chi connectivity index (χ0v) is 13.5. The molecule has 4 heteroatoms. The van der Waals surface area contributed by atoms with Gasteiger partial charge in [0, 0.05) is 18.9 Å². The molecule has 3 atom stereocenters. The number of aliphatic carboxylic acids is 1. The lowest BCUT2D eigenvalue weighted by Gasteiger charge is -2.30. The molecule has 2 aliphatic rings. The molecule has 2 N–H and O–H groups in total. The second-order valence-electron chi connectivity index (χ2n) is 8.00. The van der Waals surface area contributed by atoms with Gasteiger partial charge in [0.2, 0.25) is 5.91 Å². The molecule has 2 fully saturated rings. The Balaban J connectivity index is 1.70. The number of carbonyl (C=O) groups is 2. The normalized spacial score (nSPS) is 28.8. The molecule has 0 radical (unpaired) electrons. The van der Waals surface area contributed by atoms with Crippen molar-refractivity contribution in [2.45, 2.75) is 59.3 Å². The lowest BCUT2D eigenvalue weighted by molar-refractivity contribution is -0.137. The lowest BCUT2D eigenvalue weighted by atomic mass is 9.76. The number of carbonyl (C=O) groups excluding carboxylic acids is 1. The highest BCUT2D eigenvalue weighted by Gasteiger charge is 2.47. The predicted molar refractivity (Wildman–Crippen MR) is 81.8 cm³/mol. The largest absolute Gasteiger partial charge is 0.481 e. The molecule has 0 aromatic heterocycles. The maximum absolute atomic E-state index is 12.1. The minimum Gasteiger partial charge on any atom is -0.481 e. The van der Waals surface area contributed by atoms with Crippen molar-refractivity contribution < 1.29 is 14.7 Å². The van der Waals surface area contributed by atoms with Crippen LogP contribution in [0.25, 0.3) is 0 Å². The molecule has 120 valence electrons. The van der Waals surface area contributed by atoms with Gasteiger partial charge in [-0.3, -0.25) is 9.59 Å². The van der Waals surface area contributed by atoms with Crippen LogP contribution in [0.4, 0.5) is 0 Å². The van der Waals surface area contributed by atoms with E-state index in [0.29, 0.717) is 18.9 Å². The summed E-state index contributed by atoms with van der Waals surface area (Å²) in [6.07, 6.45) is 5.26. The SMILES string of the molecule is CC(C)(C)C(CCNC(=O)C1CC2CC2C1)CCC(=O)O. The molecule has 2 rings (SSSR count). The minimum absolute atomic E-state index is 0.0785. The summed E-state index contributed by atoms with van der Waals surface area (Å²) in [6, 6.07) is 0. The van der Waals surface area contributed by atoms with Gasteiger partial charge in [-0.1, -0.05) is 20.8 Å². The summed E-state index contributed by atoms with van der Waals surface area (Å²) < 4.78 is 0. The molecule has 2 aliphatic carbocycles. The van der Waals surface area contributed by atoms with E-state index in [-0.39, 0.29) is 23.7 Å². The molecule has 3 unspecified atom stereocenters. The highest BCUT2D eigenvalue weighted by Crippen LogP contribution is 2.54. The number of carboxylic acids is 1. The van der Waals surface area contributed by atoms with Gasteiger partial charge >= 0.3 is 5.97 Å². The number of carboxylic acid groups (broad SMARTS) is 1. The zero-order valence-electron chi connectivity index (χ0n) is 13.5. The Morgan fingerprint density at radius 2 is 1.76 bits per heavy atom. The summed E-state index contributed by atoms with van der Waals surface area (Å²) in [5.41, 5.74) is 0.0785. The Kier molecular flexibility index (Phi) is 4.95. The van der Waals surface area contributed by atoms with E-state index in [2.05, 4.69) is 26.1 Å². The molecule has 0 spiro atoms. The van der Waals surface area contributed by atoms with E-state index >= 15 is 0 Å². The van der Waals surface area contributed by atoms with E-state index in [1.54, 1.807) is 0 Å². The summed E-state index contributed by atoms with van der Waals surface area (Å²) in [7, 11) is 0. The summed E-state index contributed by atoms with van der Waals surface area (Å²) in [5.74, 6) is 1.70. The fraction of sp³-hybridized carbons (Fsp3) is 0.882. The van der Waals surface area contributed by atoms with Crippen LogP contribution in [0.2, 0.25) is 0 Å². The number of hydrogen-bond acceptors (Lipinski definition) is 2. The summed E-state index contributed by atoms with van der Waals surface area (Å²) >= 11 is 0. The van der Waals surface area contributed by atoms with E-state index in [1.165, 1.54) is 6.42 Å². The molecule has 0 bridgehead atoms. The van der Waals surface area contributed by atoms with Gasteiger partial charge in [-0.2, -0.15) is 0 Å². The summed E-state index contributed by atoms with van der Waals surface area (Å²) in [5, 5.41) is 11.9. The monoisotopic (exact) mass is 295 g/mol. The highest BCUT2D eigenvalue weighted by molar-refractivity contribution is 5.79. The lowest BCUT2D eigenvalue weighted by Crippen LogP contribution is -2.33. The molecule has 1 amide bonds. The number of fused-ring (bicyclic) bond motifs is 1. The van der Waals surface area contributed by atoms with Gasteiger partial charge in [-0.05, 0) is 55.3 Å². The average Bonchev–Trinajstić information content (AvgIpc) is 2.98. The highest BCUT2D eigenvalue weighted by atomic mass is 16.4. The standard InChI is InChI=1S/C17H29NO3/c1-17(2,3)14(4-5-15(19)20)6-7-18-16(21)13-9-11-8-12(11)10-13/h11-14H,4-10H2,1-3H3,(H,18,21)(H,19,20). The van der Waals surface area contributed by atoms with Crippen LogP contribution in [0.5, 0.6) is 0 Å². The summed E-state index contributed by atoms with van der Waals surface area (Å²) in [4.78, 5) is 22.9. The van der Waals surface area contributed by atoms with Crippen molar-refractivity contribution in [2.75, 3.05) is 6.54 Å². The van der Waals surface area contributed by atoms with Crippen molar-refractivity contribution in [3.63, 3.8) is 0 Å². The van der Waals surface area contributed by atoms with Crippen molar-refractivity contribution in [1.82, 2.24) is 5.32 Å². The van der Waals surface area contributed by atoms with Gasteiger partial charge in [0.1, 0.15) is 0 Å². The van der Waals surface area contributed by atoms with Gasteiger partial charge < -0.3 is 10.4 Å². The molecule has 2 saturated carbocycles. The first-order chi connectivity index (χ1) is 9.77. The van der Waals surface area contributed by atoms with Crippen LogP contribution in [-0.4, -0.2) is 23.5 Å². The number of hydrogen-bond donors (Lipinski definition) is 2. The Hall–Kier alpha value is -1.06.